The Morgan fingerprint density at radius 3 is 2.20 bits per heavy atom. The molecule has 2 rings (SSSR count). The maximum absolute atomic E-state index is 2.48. The van der Waals surface area contributed by atoms with Gasteiger partial charge in [0.05, 0.1) is 0 Å². The van der Waals surface area contributed by atoms with E-state index in [1.54, 1.807) is 0 Å². The largest absolute Gasteiger partial charge is 0.0840 e. The Morgan fingerprint density at radius 2 is 1.53 bits per heavy atom. The minimum absolute atomic E-state index is 0.265. The van der Waals surface area contributed by atoms with Crippen LogP contribution < -0.4 is 0 Å². The zero-order chi connectivity index (χ0) is 11.1. The highest BCUT2D eigenvalue weighted by Crippen LogP contribution is 2.44. The van der Waals surface area contributed by atoms with Crippen molar-refractivity contribution in [2.75, 3.05) is 0 Å². The van der Waals surface area contributed by atoms with Gasteiger partial charge in [0.25, 0.3) is 0 Å². The van der Waals surface area contributed by atoms with E-state index in [1.165, 1.54) is 19.3 Å². The van der Waals surface area contributed by atoms with E-state index in [4.69, 9.17) is 0 Å². The van der Waals surface area contributed by atoms with Gasteiger partial charge in [0.15, 0.2) is 0 Å². The molecule has 0 heterocycles. The van der Waals surface area contributed by atoms with E-state index >= 15 is 0 Å². The summed E-state index contributed by atoms with van der Waals surface area (Å²) in [5, 5.41) is 0. The Labute approximate surface area is 94.5 Å². The summed E-state index contributed by atoms with van der Waals surface area (Å²) in [6.45, 7) is 9.42. The monoisotopic (exact) mass is 204 g/mol. The average Bonchev–Trinajstić information content (AvgIpc) is 2.25. The van der Waals surface area contributed by atoms with Gasteiger partial charge in [-0.25, -0.2) is 0 Å². The van der Waals surface area contributed by atoms with Crippen LogP contribution in [0.4, 0.5) is 0 Å². The molecule has 0 aromatic heterocycles. The van der Waals surface area contributed by atoms with Crippen LogP contribution in [-0.4, -0.2) is 0 Å². The van der Waals surface area contributed by atoms with Crippen molar-refractivity contribution < 1.29 is 0 Å². The minimum atomic E-state index is 0.265. The molecule has 84 valence electrons. The van der Waals surface area contributed by atoms with Gasteiger partial charge in [0.1, 0.15) is 0 Å². The van der Waals surface area contributed by atoms with Crippen LogP contribution in [0.2, 0.25) is 0 Å². The number of hydrogen-bond donors (Lipinski definition) is 0. The van der Waals surface area contributed by atoms with Crippen molar-refractivity contribution in [2.45, 2.75) is 47.0 Å². The summed E-state index contributed by atoms with van der Waals surface area (Å²) in [5.74, 6) is 1.59. The molecule has 0 saturated heterocycles. The highest BCUT2D eigenvalue weighted by atomic mass is 14.4. The first-order chi connectivity index (χ1) is 6.88. The van der Waals surface area contributed by atoms with Crippen LogP contribution >= 0.6 is 0 Å². The molecular weight excluding hydrogens is 180 g/mol. The van der Waals surface area contributed by atoms with E-state index in [9.17, 15) is 0 Å². The molecule has 0 N–H and O–H groups in total. The molecule has 2 atom stereocenters. The van der Waals surface area contributed by atoms with E-state index in [1.807, 2.05) is 0 Å². The highest BCUT2D eigenvalue weighted by molar-refractivity contribution is 5.16. The van der Waals surface area contributed by atoms with Gasteiger partial charge < -0.3 is 0 Å². The molecule has 15 heavy (non-hydrogen) atoms. The Morgan fingerprint density at radius 1 is 0.933 bits per heavy atom. The molecule has 0 aromatic rings. The predicted molar refractivity (Wildman–Crippen MR) is 66.7 cm³/mol. The molecule has 0 heteroatoms. The normalized spacial score (nSPS) is 37.1. The molecular formula is C15H24. The van der Waals surface area contributed by atoms with Gasteiger partial charge in [0, 0.05) is 5.41 Å². The van der Waals surface area contributed by atoms with Gasteiger partial charge >= 0.3 is 0 Å². The molecule has 0 aromatic carbocycles. The molecule has 2 unspecified atom stereocenters. The first-order valence-corrected chi connectivity index (χ1v) is 6.27. The predicted octanol–water partition coefficient (Wildman–Crippen LogP) is 4.58. The topological polar surface area (TPSA) is 0 Å². The summed E-state index contributed by atoms with van der Waals surface area (Å²) in [5.41, 5.74) is 0.815. The van der Waals surface area contributed by atoms with Crippen LogP contribution in [0.1, 0.15) is 47.0 Å². The van der Waals surface area contributed by atoms with E-state index in [2.05, 4.69) is 52.0 Å². The lowest BCUT2D eigenvalue weighted by atomic mass is 9.67. The second kappa shape index (κ2) is 3.50. The maximum Gasteiger partial charge on any atom is 0.000461 e. The summed E-state index contributed by atoms with van der Waals surface area (Å²) < 4.78 is 0. The van der Waals surface area contributed by atoms with Crippen molar-refractivity contribution in [3.8, 4) is 0 Å². The third-order valence-corrected chi connectivity index (χ3v) is 4.04. The molecule has 1 saturated carbocycles. The average molecular weight is 204 g/mol. The summed E-state index contributed by atoms with van der Waals surface area (Å²) >= 11 is 0. The Kier molecular flexibility index (Phi) is 2.56. The lowest BCUT2D eigenvalue weighted by Crippen LogP contribution is -2.27. The molecule has 1 fully saturated rings. The van der Waals surface area contributed by atoms with Crippen LogP contribution in [0.3, 0.4) is 0 Å². The zero-order valence-corrected chi connectivity index (χ0v) is 10.6. The fourth-order valence-corrected chi connectivity index (χ4v) is 2.91. The Hall–Kier alpha value is -0.520. The molecule has 0 bridgehead atoms. The van der Waals surface area contributed by atoms with Crippen molar-refractivity contribution in [1.82, 2.24) is 0 Å². The fraction of sp³-hybridized carbons (Fsp3) is 0.733. The van der Waals surface area contributed by atoms with Crippen LogP contribution in [-0.2, 0) is 0 Å². The third kappa shape index (κ3) is 2.53. The maximum atomic E-state index is 2.48. The van der Waals surface area contributed by atoms with E-state index in [0.29, 0.717) is 5.41 Å². The van der Waals surface area contributed by atoms with Crippen LogP contribution in [0.15, 0.2) is 24.3 Å². The van der Waals surface area contributed by atoms with E-state index in [-0.39, 0.29) is 5.41 Å². The van der Waals surface area contributed by atoms with Gasteiger partial charge in [-0.1, -0.05) is 52.0 Å². The standard InChI is InChI=1S/C15H24/c1-14(2)8-5-12-6-10-15(3,4)11-13(12)7-9-14/h5,7-9,12-13H,6,10-11H2,1-4H3. The van der Waals surface area contributed by atoms with Gasteiger partial charge in [0.2, 0.25) is 0 Å². The highest BCUT2D eigenvalue weighted by Gasteiger charge is 2.33. The summed E-state index contributed by atoms with van der Waals surface area (Å²) in [6, 6.07) is 0. The van der Waals surface area contributed by atoms with Gasteiger partial charge in [-0.15, -0.1) is 0 Å². The van der Waals surface area contributed by atoms with Gasteiger partial charge in [-0.2, -0.15) is 0 Å². The second-order valence-electron chi connectivity index (χ2n) is 6.77. The summed E-state index contributed by atoms with van der Waals surface area (Å²) in [7, 11) is 0. The molecule has 2 aliphatic carbocycles. The molecule has 0 spiro atoms. The SMILES string of the molecule is CC1(C)C=CC2CCC(C)(C)CC2C=C1. The van der Waals surface area contributed by atoms with Gasteiger partial charge in [-0.3, -0.25) is 0 Å². The van der Waals surface area contributed by atoms with E-state index < -0.39 is 0 Å². The van der Waals surface area contributed by atoms with Crippen LogP contribution in [0, 0.1) is 22.7 Å². The molecule has 0 aliphatic heterocycles. The quantitative estimate of drug-likeness (QED) is 0.507. The molecule has 2 aliphatic rings. The van der Waals surface area contributed by atoms with Crippen LogP contribution in [0.5, 0.6) is 0 Å². The summed E-state index contributed by atoms with van der Waals surface area (Å²) in [6.07, 6.45) is 13.9. The van der Waals surface area contributed by atoms with Crippen molar-refractivity contribution in [3.05, 3.63) is 24.3 Å². The van der Waals surface area contributed by atoms with Crippen molar-refractivity contribution in [1.29, 1.82) is 0 Å². The van der Waals surface area contributed by atoms with Crippen molar-refractivity contribution in [3.63, 3.8) is 0 Å². The number of fused-ring (bicyclic) bond motifs is 1. The summed E-state index contributed by atoms with van der Waals surface area (Å²) in [4.78, 5) is 0. The third-order valence-electron chi connectivity index (χ3n) is 4.04. The first kappa shape index (κ1) is 11.0. The number of hydrogen-bond acceptors (Lipinski definition) is 0. The smallest absolute Gasteiger partial charge is 0.000461 e. The second-order valence-corrected chi connectivity index (χ2v) is 6.77. The minimum Gasteiger partial charge on any atom is -0.0840 e. The molecule has 0 nitrogen and oxygen atoms in total. The lowest BCUT2D eigenvalue weighted by Gasteiger charge is -2.38. The number of rotatable bonds is 0. The zero-order valence-electron chi connectivity index (χ0n) is 10.6. The first-order valence-electron chi connectivity index (χ1n) is 6.27. The fourth-order valence-electron chi connectivity index (χ4n) is 2.91. The number of allylic oxidation sites excluding steroid dienone is 4. The lowest BCUT2D eigenvalue weighted by molar-refractivity contribution is 0.170. The Bertz CT molecular complexity index is 291. The van der Waals surface area contributed by atoms with Crippen LogP contribution in [0.25, 0.3) is 0 Å². The van der Waals surface area contributed by atoms with Gasteiger partial charge in [-0.05, 0) is 36.5 Å². The van der Waals surface area contributed by atoms with E-state index in [0.717, 1.165) is 11.8 Å². The molecule has 0 radical (unpaired) electrons. The molecule has 0 amide bonds. The van der Waals surface area contributed by atoms with Crippen molar-refractivity contribution in [2.24, 2.45) is 22.7 Å². The van der Waals surface area contributed by atoms with Crippen molar-refractivity contribution >= 4 is 0 Å². The Balaban J connectivity index is 2.20.